The van der Waals surface area contributed by atoms with Gasteiger partial charge in [0.05, 0.1) is 12.2 Å². The number of hydrogen-bond acceptors (Lipinski definition) is 4. The molecule has 5 nitrogen and oxygen atoms in total. The van der Waals surface area contributed by atoms with Gasteiger partial charge in [0.1, 0.15) is 11.3 Å². The molecular weight excluding hydrogens is 329 g/mol. The van der Waals surface area contributed by atoms with Crippen LogP contribution in [0.15, 0.2) is 0 Å². The molecule has 0 atom stereocenters. The van der Waals surface area contributed by atoms with E-state index in [-0.39, 0.29) is 6.67 Å². The van der Waals surface area contributed by atoms with Crippen molar-refractivity contribution in [2.45, 2.75) is 65.2 Å². The van der Waals surface area contributed by atoms with Gasteiger partial charge >= 0.3 is 0 Å². The predicted octanol–water partition coefficient (Wildman–Crippen LogP) is 4.20. The van der Waals surface area contributed by atoms with E-state index in [2.05, 4.69) is 35.8 Å². The second-order valence-electron chi connectivity index (χ2n) is 7.24. The number of aryl methyl sites for hydroxylation is 3. The zero-order chi connectivity index (χ0) is 18.9. The highest BCUT2D eigenvalue weighted by Crippen LogP contribution is 2.26. The molecule has 2 aromatic rings. The van der Waals surface area contributed by atoms with Crippen LogP contribution in [0.3, 0.4) is 0 Å². The summed E-state index contributed by atoms with van der Waals surface area (Å²) in [4.78, 5) is 14.8. The number of unbranched alkanes of at least 4 members (excludes halogenated alkanes) is 3. The molecule has 3 N–H and O–H groups in total. The normalized spacial score (nSPS) is 11.7. The molecule has 0 saturated heterocycles. The molecule has 0 unspecified atom stereocenters. The van der Waals surface area contributed by atoms with Crippen molar-refractivity contribution >= 4 is 16.9 Å². The Bertz CT molecular complexity index is 682. The van der Waals surface area contributed by atoms with Crippen molar-refractivity contribution < 1.29 is 4.39 Å². The Morgan fingerprint density at radius 2 is 1.81 bits per heavy atom. The highest BCUT2D eigenvalue weighted by atomic mass is 19.1. The molecule has 0 aliphatic heterocycles. The van der Waals surface area contributed by atoms with Crippen LogP contribution >= 0.6 is 0 Å². The van der Waals surface area contributed by atoms with Gasteiger partial charge in [0.2, 0.25) is 0 Å². The second-order valence-corrected chi connectivity index (χ2v) is 7.24. The lowest BCUT2D eigenvalue weighted by molar-refractivity contribution is 0.302. The Hall–Kier alpha value is -1.69. The van der Waals surface area contributed by atoms with Gasteiger partial charge in [-0.1, -0.05) is 19.8 Å². The van der Waals surface area contributed by atoms with Gasteiger partial charge < -0.3 is 15.6 Å². The van der Waals surface area contributed by atoms with Crippen LogP contribution in [0.4, 0.5) is 10.2 Å². The molecule has 2 heterocycles. The fourth-order valence-electron chi connectivity index (χ4n) is 3.36. The first-order valence-corrected chi connectivity index (χ1v) is 9.94. The van der Waals surface area contributed by atoms with Crippen molar-refractivity contribution in [3.8, 4) is 0 Å². The topological polar surface area (TPSA) is 70.8 Å². The summed E-state index contributed by atoms with van der Waals surface area (Å²) >= 11 is 0. The molecular formula is C20H34FN5. The zero-order valence-electron chi connectivity index (χ0n) is 16.6. The molecule has 6 heteroatoms. The third-order valence-electron chi connectivity index (χ3n) is 4.93. The third kappa shape index (κ3) is 5.66. The minimum absolute atomic E-state index is 0.227. The van der Waals surface area contributed by atoms with Crippen LogP contribution in [0, 0.1) is 6.92 Å². The molecule has 0 spiro atoms. The van der Waals surface area contributed by atoms with Crippen LogP contribution in [-0.4, -0.2) is 46.7 Å². The summed E-state index contributed by atoms with van der Waals surface area (Å²) in [7, 11) is 2.07. The first kappa shape index (κ1) is 20.6. The number of aromatic amines is 1. The van der Waals surface area contributed by atoms with Crippen molar-refractivity contribution in [1.82, 2.24) is 19.9 Å². The van der Waals surface area contributed by atoms with Crippen molar-refractivity contribution in [2.75, 3.05) is 32.5 Å². The molecule has 0 radical (unpaired) electrons. The smallest absolute Gasteiger partial charge is 0.151 e. The average molecular weight is 364 g/mol. The van der Waals surface area contributed by atoms with E-state index < -0.39 is 0 Å². The van der Waals surface area contributed by atoms with Gasteiger partial charge in [-0.25, -0.2) is 9.97 Å². The number of alkyl halides is 1. The van der Waals surface area contributed by atoms with E-state index in [1.54, 1.807) is 0 Å². The summed E-state index contributed by atoms with van der Waals surface area (Å²) in [6.45, 7) is 5.91. The SMILES string of the molecule is CCCCc1nc(N)c2[nH]c(C)c(CCCCCN(C)CCCF)c2n1. The maximum Gasteiger partial charge on any atom is 0.151 e. The number of fused-ring (bicyclic) bond motifs is 1. The van der Waals surface area contributed by atoms with E-state index in [1.165, 1.54) is 5.56 Å². The number of nitrogens with zero attached hydrogens (tertiary/aromatic N) is 3. The molecule has 0 aliphatic carbocycles. The molecule has 146 valence electrons. The Morgan fingerprint density at radius 3 is 2.54 bits per heavy atom. The number of halogens is 1. The molecule has 0 aliphatic rings. The molecule has 0 amide bonds. The van der Waals surface area contributed by atoms with Gasteiger partial charge in [0.25, 0.3) is 0 Å². The number of nitrogen functional groups attached to an aromatic ring is 1. The lowest BCUT2D eigenvalue weighted by atomic mass is 10.1. The minimum atomic E-state index is -0.227. The van der Waals surface area contributed by atoms with Gasteiger partial charge in [-0.15, -0.1) is 0 Å². The summed E-state index contributed by atoms with van der Waals surface area (Å²) in [5, 5.41) is 0. The molecule has 2 rings (SSSR count). The first-order chi connectivity index (χ1) is 12.6. The summed E-state index contributed by atoms with van der Waals surface area (Å²) in [6, 6.07) is 0. The molecule has 26 heavy (non-hydrogen) atoms. The van der Waals surface area contributed by atoms with Crippen LogP contribution in [0.1, 0.15) is 62.5 Å². The van der Waals surface area contributed by atoms with Crippen molar-refractivity contribution in [2.24, 2.45) is 0 Å². The first-order valence-electron chi connectivity index (χ1n) is 9.94. The fraction of sp³-hybridized carbons (Fsp3) is 0.700. The lowest BCUT2D eigenvalue weighted by Gasteiger charge is -2.15. The number of anilines is 1. The summed E-state index contributed by atoms with van der Waals surface area (Å²) in [5.74, 6) is 1.41. The molecule has 0 saturated carbocycles. The van der Waals surface area contributed by atoms with Gasteiger partial charge in [0, 0.05) is 18.7 Å². The van der Waals surface area contributed by atoms with E-state index in [1.807, 2.05) is 0 Å². The Labute approximate surface area is 156 Å². The number of H-pyrrole nitrogens is 1. The van der Waals surface area contributed by atoms with Gasteiger partial charge in [0.15, 0.2) is 5.82 Å². The molecule has 0 fully saturated rings. The maximum absolute atomic E-state index is 12.2. The van der Waals surface area contributed by atoms with Gasteiger partial charge in [-0.05, 0) is 58.2 Å². The van der Waals surface area contributed by atoms with Crippen LogP contribution in [0.5, 0.6) is 0 Å². The number of nitrogens with one attached hydrogen (secondary N) is 1. The second kappa shape index (κ2) is 10.5. The lowest BCUT2D eigenvalue weighted by Crippen LogP contribution is -2.21. The number of hydrogen-bond donors (Lipinski definition) is 2. The molecule has 0 bridgehead atoms. The monoisotopic (exact) mass is 363 g/mol. The maximum atomic E-state index is 12.2. The predicted molar refractivity (Wildman–Crippen MR) is 107 cm³/mol. The van der Waals surface area contributed by atoms with E-state index in [9.17, 15) is 4.39 Å². The highest BCUT2D eigenvalue weighted by molar-refractivity contribution is 5.88. The third-order valence-corrected chi connectivity index (χ3v) is 4.93. The molecule has 0 aromatic carbocycles. The number of aromatic nitrogens is 3. The largest absolute Gasteiger partial charge is 0.382 e. The summed E-state index contributed by atoms with van der Waals surface area (Å²) < 4.78 is 12.2. The minimum Gasteiger partial charge on any atom is -0.382 e. The quantitative estimate of drug-likeness (QED) is 0.555. The van der Waals surface area contributed by atoms with Gasteiger partial charge in [-0.3, -0.25) is 4.39 Å². The van der Waals surface area contributed by atoms with E-state index >= 15 is 0 Å². The van der Waals surface area contributed by atoms with Crippen molar-refractivity contribution in [3.05, 3.63) is 17.1 Å². The van der Waals surface area contributed by atoms with E-state index in [0.29, 0.717) is 12.2 Å². The Kier molecular flexibility index (Phi) is 8.29. The zero-order valence-corrected chi connectivity index (χ0v) is 16.6. The summed E-state index contributed by atoms with van der Waals surface area (Å²) in [5.41, 5.74) is 10.4. The van der Waals surface area contributed by atoms with Crippen LogP contribution in [-0.2, 0) is 12.8 Å². The number of nitrogens with two attached hydrogens (primary N) is 1. The van der Waals surface area contributed by atoms with Crippen molar-refractivity contribution in [1.29, 1.82) is 0 Å². The van der Waals surface area contributed by atoms with Crippen LogP contribution in [0.25, 0.3) is 11.0 Å². The van der Waals surface area contributed by atoms with E-state index in [4.69, 9.17) is 10.7 Å². The highest BCUT2D eigenvalue weighted by Gasteiger charge is 2.14. The van der Waals surface area contributed by atoms with Gasteiger partial charge in [-0.2, -0.15) is 0 Å². The van der Waals surface area contributed by atoms with E-state index in [0.717, 1.165) is 80.6 Å². The van der Waals surface area contributed by atoms with Crippen LogP contribution in [0.2, 0.25) is 0 Å². The standard InChI is InChI=1S/C20H34FN5/c1-4-5-11-17-24-18-16(15(2)23-19(18)20(22)25-17)10-7-6-8-13-26(3)14-9-12-21/h23H,4-14H2,1-3H3,(H2,22,24,25). The number of rotatable bonds is 12. The average Bonchev–Trinajstić information content (AvgIpc) is 2.94. The fourth-order valence-corrected chi connectivity index (χ4v) is 3.36. The van der Waals surface area contributed by atoms with Crippen molar-refractivity contribution in [3.63, 3.8) is 0 Å². The Balaban J connectivity index is 1.94. The van der Waals surface area contributed by atoms with Crippen LogP contribution < -0.4 is 5.73 Å². The summed E-state index contributed by atoms with van der Waals surface area (Å²) in [6.07, 6.45) is 8.15. The Morgan fingerprint density at radius 1 is 1.04 bits per heavy atom. The molecule has 2 aromatic heterocycles.